The van der Waals surface area contributed by atoms with Gasteiger partial charge in [0.15, 0.2) is 0 Å². The molecule has 0 saturated heterocycles. The highest BCUT2D eigenvalue weighted by Gasteiger charge is 2.13. The maximum atomic E-state index is 12.3. The number of aryl methyl sites for hydroxylation is 2. The summed E-state index contributed by atoms with van der Waals surface area (Å²) in [6, 6.07) is 11.9. The van der Waals surface area contributed by atoms with E-state index < -0.39 is 0 Å². The van der Waals surface area contributed by atoms with Gasteiger partial charge in [-0.3, -0.25) is 9.78 Å². The molecule has 1 N–H and O–H groups in total. The van der Waals surface area contributed by atoms with Crippen molar-refractivity contribution in [2.75, 3.05) is 0 Å². The predicted molar refractivity (Wildman–Crippen MR) is 83.1 cm³/mol. The average molecular weight is 279 g/mol. The summed E-state index contributed by atoms with van der Waals surface area (Å²) in [6.45, 7) is 2.53. The third kappa shape index (κ3) is 2.65. The van der Waals surface area contributed by atoms with E-state index in [4.69, 9.17) is 0 Å². The number of nitrogens with one attached hydrogen (secondary N) is 1. The van der Waals surface area contributed by atoms with Crippen LogP contribution in [0, 0.1) is 6.92 Å². The molecule has 1 aromatic carbocycles. The first kappa shape index (κ1) is 13.4. The van der Waals surface area contributed by atoms with E-state index in [0.29, 0.717) is 12.2 Å². The van der Waals surface area contributed by atoms with Crippen LogP contribution in [-0.4, -0.2) is 15.5 Å². The fourth-order valence-corrected chi connectivity index (χ4v) is 2.43. The van der Waals surface area contributed by atoms with Crippen LogP contribution in [0.25, 0.3) is 10.9 Å². The topological polar surface area (TPSA) is 46.9 Å². The summed E-state index contributed by atoms with van der Waals surface area (Å²) in [5, 5.41) is 4.01. The third-order valence-electron chi connectivity index (χ3n) is 3.61. The van der Waals surface area contributed by atoms with Gasteiger partial charge in [-0.1, -0.05) is 18.2 Å². The molecule has 2 aromatic heterocycles. The van der Waals surface area contributed by atoms with Crippen molar-refractivity contribution in [3.63, 3.8) is 0 Å². The van der Waals surface area contributed by atoms with Crippen molar-refractivity contribution in [3.8, 4) is 0 Å². The predicted octanol–water partition coefficient (Wildman–Crippen LogP) is 2.81. The van der Waals surface area contributed by atoms with Gasteiger partial charge in [-0.2, -0.15) is 0 Å². The monoisotopic (exact) mass is 279 g/mol. The lowest BCUT2D eigenvalue weighted by Gasteiger charge is -2.06. The Morgan fingerprint density at radius 1 is 1.29 bits per heavy atom. The number of benzene rings is 1. The standard InChI is InChI=1S/C17H17N3O/c1-12-5-6-14-9-16(20(2)15(14)8-12)17(21)19-11-13-4-3-7-18-10-13/h3-10H,11H2,1-2H3,(H,19,21). The first-order valence-electron chi connectivity index (χ1n) is 6.88. The van der Waals surface area contributed by atoms with Crippen molar-refractivity contribution in [3.05, 3.63) is 65.6 Å². The van der Waals surface area contributed by atoms with Crippen LogP contribution >= 0.6 is 0 Å². The highest BCUT2D eigenvalue weighted by Crippen LogP contribution is 2.20. The van der Waals surface area contributed by atoms with E-state index >= 15 is 0 Å². The van der Waals surface area contributed by atoms with Gasteiger partial charge in [0.05, 0.1) is 0 Å². The maximum Gasteiger partial charge on any atom is 0.268 e. The van der Waals surface area contributed by atoms with Gasteiger partial charge in [-0.15, -0.1) is 0 Å². The number of pyridine rings is 1. The molecule has 0 atom stereocenters. The van der Waals surface area contributed by atoms with Crippen molar-refractivity contribution >= 4 is 16.8 Å². The molecule has 0 fully saturated rings. The Morgan fingerprint density at radius 3 is 2.90 bits per heavy atom. The van der Waals surface area contributed by atoms with E-state index in [1.54, 1.807) is 12.4 Å². The minimum absolute atomic E-state index is 0.0739. The molecule has 3 aromatic rings. The molecule has 4 nitrogen and oxygen atoms in total. The number of hydrogen-bond donors (Lipinski definition) is 1. The van der Waals surface area contributed by atoms with E-state index in [-0.39, 0.29) is 5.91 Å². The number of nitrogens with zero attached hydrogens (tertiary/aromatic N) is 2. The fourth-order valence-electron chi connectivity index (χ4n) is 2.43. The summed E-state index contributed by atoms with van der Waals surface area (Å²) in [4.78, 5) is 16.4. The largest absolute Gasteiger partial charge is 0.347 e. The van der Waals surface area contributed by atoms with E-state index in [2.05, 4.69) is 29.4 Å². The van der Waals surface area contributed by atoms with Crippen molar-refractivity contribution < 1.29 is 4.79 Å². The van der Waals surface area contributed by atoms with Crippen LogP contribution in [0.3, 0.4) is 0 Å². The first-order chi connectivity index (χ1) is 10.1. The quantitative estimate of drug-likeness (QED) is 0.801. The zero-order valence-electron chi connectivity index (χ0n) is 12.1. The number of aromatic nitrogens is 2. The van der Waals surface area contributed by atoms with Crippen LogP contribution < -0.4 is 5.32 Å². The molecular weight excluding hydrogens is 262 g/mol. The maximum absolute atomic E-state index is 12.3. The van der Waals surface area contributed by atoms with E-state index in [0.717, 1.165) is 16.5 Å². The van der Waals surface area contributed by atoms with E-state index in [1.165, 1.54) is 5.56 Å². The second-order valence-electron chi connectivity index (χ2n) is 5.19. The molecule has 1 amide bonds. The van der Waals surface area contributed by atoms with Gasteiger partial charge in [-0.25, -0.2) is 0 Å². The molecule has 0 aliphatic carbocycles. The van der Waals surface area contributed by atoms with Crippen molar-refractivity contribution in [1.29, 1.82) is 0 Å². The van der Waals surface area contributed by atoms with Gasteiger partial charge < -0.3 is 9.88 Å². The Balaban J connectivity index is 1.83. The van der Waals surface area contributed by atoms with Gasteiger partial charge in [-0.05, 0) is 36.2 Å². The highest BCUT2D eigenvalue weighted by molar-refractivity contribution is 5.98. The Hall–Kier alpha value is -2.62. The van der Waals surface area contributed by atoms with Crippen LogP contribution in [0.1, 0.15) is 21.6 Å². The Labute approximate surface area is 123 Å². The highest BCUT2D eigenvalue weighted by atomic mass is 16.1. The Morgan fingerprint density at radius 2 is 2.14 bits per heavy atom. The van der Waals surface area contributed by atoms with Gasteiger partial charge >= 0.3 is 0 Å². The normalized spacial score (nSPS) is 10.8. The lowest BCUT2D eigenvalue weighted by atomic mass is 10.2. The summed E-state index contributed by atoms with van der Waals surface area (Å²) in [5.41, 5.74) is 3.91. The minimum Gasteiger partial charge on any atom is -0.347 e. The van der Waals surface area contributed by atoms with Crippen molar-refractivity contribution in [2.24, 2.45) is 7.05 Å². The molecule has 0 spiro atoms. The first-order valence-corrected chi connectivity index (χ1v) is 6.88. The SMILES string of the molecule is Cc1ccc2cc(C(=O)NCc3cccnc3)n(C)c2c1. The molecule has 4 heteroatoms. The summed E-state index contributed by atoms with van der Waals surface area (Å²) < 4.78 is 1.93. The molecule has 21 heavy (non-hydrogen) atoms. The molecule has 0 aliphatic rings. The van der Waals surface area contributed by atoms with Crippen LogP contribution in [0.4, 0.5) is 0 Å². The van der Waals surface area contributed by atoms with Gasteiger partial charge in [0, 0.05) is 36.9 Å². The number of carbonyl (C=O) groups is 1. The van der Waals surface area contributed by atoms with E-state index in [1.807, 2.05) is 35.9 Å². The smallest absolute Gasteiger partial charge is 0.268 e. The Bertz CT molecular complexity index is 790. The zero-order chi connectivity index (χ0) is 14.8. The minimum atomic E-state index is -0.0739. The molecule has 3 rings (SSSR count). The second kappa shape index (κ2) is 5.40. The van der Waals surface area contributed by atoms with Gasteiger partial charge in [0.25, 0.3) is 5.91 Å². The third-order valence-corrected chi connectivity index (χ3v) is 3.61. The van der Waals surface area contributed by atoms with Crippen LogP contribution in [0.5, 0.6) is 0 Å². The molecule has 106 valence electrons. The fraction of sp³-hybridized carbons (Fsp3) is 0.176. The summed E-state index contributed by atoms with van der Waals surface area (Å²) in [7, 11) is 1.92. The van der Waals surface area contributed by atoms with E-state index in [9.17, 15) is 4.79 Å². The molecule has 0 bridgehead atoms. The number of amides is 1. The van der Waals surface area contributed by atoms with Crippen molar-refractivity contribution in [1.82, 2.24) is 14.9 Å². The Kier molecular flexibility index (Phi) is 3.44. The molecule has 0 unspecified atom stereocenters. The van der Waals surface area contributed by atoms with Crippen LogP contribution in [-0.2, 0) is 13.6 Å². The molecule has 0 radical (unpaired) electrons. The lowest BCUT2D eigenvalue weighted by Crippen LogP contribution is -2.24. The summed E-state index contributed by atoms with van der Waals surface area (Å²) >= 11 is 0. The number of rotatable bonds is 3. The second-order valence-corrected chi connectivity index (χ2v) is 5.19. The zero-order valence-corrected chi connectivity index (χ0v) is 12.1. The van der Waals surface area contributed by atoms with Crippen molar-refractivity contribution in [2.45, 2.75) is 13.5 Å². The van der Waals surface area contributed by atoms with Crippen LogP contribution in [0.15, 0.2) is 48.8 Å². The molecule has 0 saturated carbocycles. The number of carbonyl (C=O) groups excluding carboxylic acids is 1. The number of fused-ring (bicyclic) bond motifs is 1. The van der Waals surface area contributed by atoms with Gasteiger partial charge in [0.1, 0.15) is 5.69 Å². The number of hydrogen-bond acceptors (Lipinski definition) is 2. The molecule has 0 aliphatic heterocycles. The summed E-state index contributed by atoms with van der Waals surface area (Å²) in [6.07, 6.45) is 3.47. The van der Waals surface area contributed by atoms with Gasteiger partial charge in [0.2, 0.25) is 0 Å². The molecule has 2 heterocycles. The van der Waals surface area contributed by atoms with Crippen LogP contribution in [0.2, 0.25) is 0 Å². The lowest BCUT2D eigenvalue weighted by molar-refractivity contribution is 0.0943. The summed E-state index contributed by atoms with van der Waals surface area (Å²) in [5.74, 6) is -0.0739. The average Bonchev–Trinajstić information content (AvgIpc) is 2.83. The molecular formula is C17H17N3O.